The molecular weight excluding hydrogens is 216 g/mol. The Morgan fingerprint density at radius 3 is 2.76 bits per heavy atom. The topological polar surface area (TPSA) is 80.0 Å². The first-order chi connectivity index (χ1) is 8.13. The van der Waals surface area contributed by atoms with Crippen molar-refractivity contribution in [1.29, 1.82) is 0 Å². The number of hydrogen-bond donors (Lipinski definition) is 3. The fourth-order valence-electron chi connectivity index (χ4n) is 1.48. The van der Waals surface area contributed by atoms with E-state index in [1.807, 2.05) is 6.92 Å². The molecule has 4 N–H and O–H groups in total. The lowest BCUT2D eigenvalue weighted by Gasteiger charge is -2.08. The molecule has 5 heteroatoms. The third-order valence-corrected chi connectivity index (χ3v) is 2.27. The molecule has 1 aromatic rings. The molecule has 0 atom stereocenters. The van der Waals surface area contributed by atoms with Crippen molar-refractivity contribution in [2.45, 2.75) is 20.3 Å². The summed E-state index contributed by atoms with van der Waals surface area (Å²) in [6.07, 6.45) is 1.12. The van der Waals surface area contributed by atoms with Crippen molar-refractivity contribution in [2.24, 2.45) is 5.73 Å². The second-order valence-corrected chi connectivity index (χ2v) is 3.92. The van der Waals surface area contributed by atoms with Gasteiger partial charge in [0, 0.05) is 24.3 Å². The van der Waals surface area contributed by atoms with E-state index in [9.17, 15) is 4.79 Å². The highest BCUT2D eigenvalue weighted by Gasteiger charge is 2.04. The van der Waals surface area contributed by atoms with Crippen LogP contribution in [0.1, 0.15) is 29.4 Å². The van der Waals surface area contributed by atoms with E-state index in [1.165, 1.54) is 0 Å². The average molecular weight is 236 g/mol. The van der Waals surface area contributed by atoms with Crippen molar-refractivity contribution in [3.8, 4) is 0 Å². The van der Waals surface area contributed by atoms with E-state index in [1.54, 1.807) is 12.1 Å². The second-order valence-electron chi connectivity index (χ2n) is 3.92. The molecule has 94 valence electrons. The third-order valence-electron chi connectivity index (χ3n) is 2.27. The van der Waals surface area contributed by atoms with Gasteiger partial charge in [-0.1, -0.05) is 6.92 Å². The van der Waals surface area contributed by atoms with Gasteiger partial charge >= 0.3 is 0 Å². The van der Waals surface area contributed by atoms with Gasteiger partial charge in [0.25, 0.3) is 0 Å². The number of rotatable bonds is 7. The fraction of sp³-hybridized carbons (Fsp3) is 0.500. The Morgan fingerprint density at radius 2 is 2.12 bits per heavy atom. The molecule has 0 radical (unpaired) electrons. The predicted molar refractivity (Wildman–Crippen MR) is 69.1 cm³/mol. The Balaban J connectivity index is 2.50. The fourth-order valence-corrected chi connectivity index (χ4v) is 1.48. The van der Waals surface area contributed by atoms with E-state index < -0.39 is 5.91 Å². The summed E-state index contributed by atoms with van der Waals surface area (Å²) in [4.78, 5) is 15.4. The number of carbonyl (C=O) groups excluding carboxylic acids is 1. The molecule has 0 aliphatic rings. The van der Waals surface area contributed by atoms with Gasteiger partial charge in [-0.2, -0.15) is 0 Å². The maximum atomic E-state index is 11.1. The van der Waals surface area contributed by atoms with Crippen LogP contribution in [-0.2, 0) is 0 Å². The molecule has 0 spiro atoms. The largest absolute Gasteiger partial charge is 0.369 e. The smallest absolute Gasteiger partial charge is 0.248 e. The van der Waals surface area contributed by atoms with Gasteiger partial charge in [-0.05, 0) is 32.0 Å². The molecule has 0 saturated heterocycles. The number of nitrogens with one attached hydrogen (secondary N) is 2. The molecule has 1 heterocycles. The first-order valence-electron chi connectivity index (χ1n) is 5.86. The highest BCUT2D eigenvalue weighted by atomic mass is 16.1. The van der Waals surface area contributed by atoms with E-state index in [4.69, 9.17) is 5.73 Å². The van der Waals surface area contributed by atoms with Gasteiger partial charge in [0.05, 0.1) is 0 Å². The van der Waals surface area contributed by atoms with Crippen LogP contribution in [0.2, 0.25) is 0 Å². The lowest BCUT2D eigenvalue weighted by Crippen LogP contribution is -2.23. The zero-order valence-corrected chi connectivity index (χ0v) is 10.4. The summed E-state index contributed by atoms with van der Waals surface area (Å²) in [5.74, 6) is 0.264. The highest BCUT2D eigenvalue weighted by Crippen LogP contribution is 2.09. The van der Waals surface area contributed by atoms with Crippen LogP contribution in [0.25, 0.3) is 0 Å². The number of aromatic nitrogens is 1. The van der Waals surface area contributed by atoms with Crippen molar-refractivity contribution in [3.63, 3.8) is 0 Å². The molecule has 17 heavy (non-hydrogen) atoms. The van der Waals surface area contributed by atoms with Crippen LogP contribution in [0.15, 0.2) is 12.1 Å². The minimum atomic E-state index is -0.428. The van der Waals surface area contributed by atoms with E-state index in [2.05, 4.69) is 22.5 Å². The first-order valence-corrected chi connectivity index (χ1v) is 5.86. The van der Waals surface area contributed by atoms with Gasteiger partial charge in [0.2, 0.25) is 5.91 Å². The predicted octanol–water partition coefficient (Wildman–Crippen LogP) is 0.900. The molecule has 0 aliphatic heterocycles. The van der Waals surface area contributed by atoms with Crippen molar-refractivity contribution < 1.29 is 4.79 Å². The van der Waals surface area contributed by atoms with Crippen LogP contribution in [-0.4, -0.2) is 30.5 Å². The van der Waals surface area contributed by atoms with Crippen molar-refractivity contribution in [1.82, 2.24) is 10.3 Å². The molecule has 0 saturated carbocycles. The van der Waals surface area contributed by atoms with Gasteiger partial charge in [-0.25, -0.2) is 4.98 Å². The third kappa shape index (κ3) is 4.82. The summed E-state index contributed by atoms with van der Waals surface area (Å²) in [5, 5.41) is 6.43. The number of nitrogens with two attached hydrogens (primary N) is 1. The number of amides is 1. The number of anilines is 1. The van der Waals surface area contributed by atoms with Gasteiger partial charge < -0.3 is 16.4 Å². The van der Waals surface area contributed by atoms with Crippen molar-refractivity contribution in [2.75, 3.05) is 25.0 Å². The minimum Gasteiger partial charge on any atom is -0.369 e. The molecule has 0 aliphatic carbocycles. The van der Waals surface area contributed by atoms with Crippen LogP contribution in [0.3, 0.4) is 0 Å². The van der Waals surface area contributed by atoms with Gasteiger partial charge in [-0.15, -0.1) is 0 Å². The number of carbonyl (C=O) groups is 1. The summed E-state index contributed by atoms with van der Waals surface area (Å²) in [6, 6.07) is 3.36. The number of hydrogen-bond acceptors (Lipinski definition) is 4. The Kier molecular flexibility index (Phi) is 5.42. The zero-order chi connectivity index (χ0) is 12.7. The minimum absolute atomic E-state index is 0.428. The lowest BCUT2D eigenvalue weighted by molar-refractivity contribution is 0.1000. The molecule has 0 aromatic carbocycles. The molecule has 1 aromatic heterocycles. The Bertz CT molecular complexity index is 379. The van der Waals surface area contributed by atoms with E-state index in [-0.39, 0.29) is 0 Å². The Hall–Kier alpha value is -1.62. The van der Waals surface area contributed by atoms with Crippen LogP contribution >= 0.6 is 0 Å². The van der Waals surface area contributed by atoms with E-state index >= 15 is 0 Å². The number of nitrogens with zero attached hydrogens (tertiary/aromatic N) is 1. The van der Waals surface area contributed by atoms with E-state index in [0.717, 1.165) is 31.7 Å². The van der Waals surface area contributed by atoms with Gasteiger partial charge in [-0.3, -0.25) is 4.79 Å². The summed E-state index contributed by atoms with van der Waals surface area (Å²) in [5.41, 5.74) is 6.51. The quantitative estimate of drug-likeness (QED) is 0.614. The zero-order valence-electron chi connectivity index (χ0n) is 10.4. The van der Waals surface area contributed by atoms with Gasteiger partial charge in [0.15, 0.2) is 0 Å². The van der Waals surface area contributed by atoms with Crippen molar-refractivity contribution >= 4 is 11.7 Å². The normalized spacial score (nSPS) is 10.2. The number of primary amides is 1. The number of aryl methyl sites for hydroxylation is 1. The van der Waals surface area contributed by atoms with Crippen LogP contribution < -0.4 is 16.4 Å². The summed E-state index contributed by atoms with van der Waals surface area (Å²) >= 11 is 0. The monoisotopic (exact) mass is 236 g/mol. The van der Waals surface area contributed by atoms with Crippen LogP contribution in [0.5, 0.6) is 0 Å². The maximum absolute atomic E-state index is 11.1. The Morgan fingerprint density at radius 1 is 1.35 bits per heavy atom. The standard InChI is InChI=1S/C12H20N4O/c1-3-4-14-5-6-15-11-8-10(12(13)17)7-9(2)16-11/h7-8,14H,3-6H2,1-2H3,(H2,13,17)(H,15,16). The molecule has 0 bridgehead atoms. The second kappa shape index (κ2) is 6.85. The van der Waals surface area contributed by atoms with Gasteiger partial charge in [0.1, 0.15) is 5.82 Å². The first kappa shape index (κ1) is 13.4. The lowest BCUT2D eigenvalue weighted by atomic mass is 10.2. The molecule has 1 amide bonds. The maximum Gasteiger partial charge on any atom is 0.248 e. The van der Waals surface area contributed by atoms with Crippen molar-refractivity contribution in [3.05, 3.63) is 23.4 Å². The van der Waals surface area contributed by atoms with E-state index in [0.29, 0.717) is 11.4 Å². The van der Waals surface area contributed by atoms with Crippen LogP contribution in [0.4, 0.5) is 5.82 Å². The Labute approximate surface area is 102 Å². The molecule has 0 unspecified atom stereocenters. The average Bonchev–Trinajstić information content (AvgIpc) is 2.28. The van der Waals surface area contributed by atoms with Crippen LogP contribution in [0, 0.1) is 6.92 Å². The molecule has 5 nitrogen and oxygen atoms in total. The number of pyridine rings is 1. The summed E-state index contributed by atoms with van der Waals surface area (Å²) in [7, 11) is 0. The highest BCUT2D eigenvalue weighted by molar-refractivity contribution is 5.93. The molecule has 0 fully saturated rings. The molecular formula is C12H20N4O. The summed E-state index contributed by atoms with van der Waals surface area (Å²) < 4.78 is 0. The molecule has 1 rings (SSSR count). The SMILES string of the molecule is CCCNCCNc1cc(C(N)=O)cc(C)n1. The summed E-state index contributed by atoms with van der Waals surface area (Å²) in [6.45, 7) is 6.62.